The number of benzene rings is 1. The van der Waals surface area contributed by atoms with Crippen LogP contribution in [0.25, 0.3) is 0 Å². The Labute approximate surface area is 109 Å². The molecule has 0 unspecified atom stereocenters. The van der Waals surface area contributed by atoms with Crippen molar-refractivity contribution < 1.29 is 18.2 Å². The molecule has 0 aromatic heterocycles. The molecule has 1 aromatic rings. The predicted molar refractivity (Wildman–Crippen MR) is 72.1 cm³/mol. The first-order chi connectivity index (χ1) is 8.43. The van der Waals surface area contributed by atoms with Crippen LogP contribution in [-0.4, -0.2) is 35.1 Å². The molecule has 0 heterocycles. The number of ether oxygens (including phenoxy) is 1. The number of halogens is 1. The Morgan fingerprint density at radius 3 is 2.61 bits per heavy atom. The molecule has 104 valence electrons. The van der Waals surface area contributed by atoms with Gasteiger partial charge in [0, 0.05) is 24.9 Å². The zero-order valence-electron chi connectivity index (χ0n) is 10.6. The maximum Gasteiger partial charge on any atom is 0.128 e. The van der Waals surface area contributed by atoms with Crippen LogP contribution in [0.2, 0.25) is 0 Å². The van der Waals surface area contributed by atoms with Gasteiger partial charge in [0.05, 0.1) is 4.90 Å². The second kappa shape index (κ2) is 6.94. The molecule has 0 aliphatic heterocycles. The standard InChI is InChI=1S/C12H20FNO3S/c1-3-4-14-5-6-17-11-7-10(13)8-12(9-11)18(2,15)16/h7-9,14-16H,3-6H2,1-2H3. The maximum atomic E-state index is 13.3. The van der Waals surface area contributed by atoms with Crippen LogP contribution in [0.5, 0.6) is 5.75 Å². The molecule has 0 spiro atoms. The van der Waals surface area contributed by atoms with Gasteiger partial charge in [-0.1, -0.05) is 6.92 Å². The number of hydrogen-bond acceptors (Lipinski definition) is 4. The van der Waals surface area contributed by atoms with E-state index in [1.165, 1.54) is 18.4 Å². The summed E-state index contributed by atoms with van der Waals surface area (Å²) in [6.07, 6.45) is 2.30. The number of rotatable bonds is 7. The summed E-state index contributed by atoms with van der Waals surface area (Å²) in [5.41, 5.74) is 0. The van der Waals surface area contributed by atoms with Crippen molar-refractivity contribution in [3.8, 4) is 5.75 Å². The van der Waals surface area contributed by atoms with Gasteiger partial charge in [0.25, 0.3) is 0 Å². The quantitative estimate of drug-likeness (QED) is 0.671. The summed E-state index contributed by atoms with van der Waals surface area (Å²) in [6, 6.07) is 3.80. The van der Waals surface area contributed by atoms with Crippen LogP contribution >= 0.6 is 10.6 Å². The van der Waals surface area contributed by atoms with Gasteiger partial charge in [-0.15, -0.1) is 0 Å². The lowest BCUT2D eigenvalue weighted by molar-refractivity contribution is 0.311. The normalized spacial score (nSPS) is 12.5. The molecule has 0 amide bonds. The molecule has 1 rings (SSSR count). The molecule has 18 heavy (non-hydrogen) atoms. The Morgan fingerprint density at radius 1 is 1.28 bits per heavy atom. The van der Waals surface area contributed by atoms with E-state index in [0.717, 1.165) is 19.0 Å². The van der Waals surface area contributed by atoms with Crippen LogP contribution in [0.15, 0.2) is 23.1 Å². The minimum atomic E-state index is -2.92. The molecular weight excluding hydrogens is 257 g/mol. The molecule has 4 nitrogen and oxygen atoms in total. The fourth-order valence-electron chi connectivity index (χ4n) is 1.39. The van der Waals surface area contributed by atoms with Crippen molar-refractivity contribution in [1.29, 1.82) is 0 Å². The van der Waals surface area contributed by atoms with Crippen molar-refractivity contribution in [1.82, 2.24) is 5.32 Å². The van der Waals surface area contributed by atoms with Crippen molar-refractivity contribution in [2.75, 3.05) is 26.0 Å². The SMILES string of the molecule is CCCNCCOc1cc(F)cc(S(C)(O)O)c1. The summed E-state index contributed by atoms with van der Waals surface area (Å²) in [4.78, 5) is 0.152. The Hall–Kier alpha value is -0.820. The summed E-state index contributed by atoms with van der Waals surface area (Å²) in [5, 5.41) is 3.15. The van der Waals surface area contributed by atoms with Gasteiger partial charge >= 0.3 is 0 Å². The van der Waals surface area contributed by atoms with E-state index < -0.39 is 16.4 Å². The van der Waals surface area contributed by atoms with Gasteiger partial charge in [0.15, 0.2) is 0 Å². The van der Waals surface area contributed by atoms with Gasteiger partial charge in [-0.05, 0) is 19.0 Å². The average Bonchev–Trinajstić information content (AvgIpc) is 2.27. The average molecular weight is 277 g/mol. The summed E-state index contributed by atoms with van der Waals surface area (Å²) in [7, 11) is -2.92. The highest BCUT2D eigenvalue weighted by atomic mass is 32.3. The second-order valence-corrected chi connectivity index (χ2v) is 6.19. The molecule has 1 aromatic carbocycles. The molecule has 0 saturated heterocycles. The lowest BCUT2D eigenvalue weighted by atomic mass is 10.3. The van der Waals surface area contributed by atoms with Gasteiger partial charge in [0.1, 0.15) is 18.2 Å². The number of hydrogen-bond donors (Lipinski definition) is 3. The van der Waals surface area contributed by atoms with Crippen LogP contribution in [-0.2, 0) is 0 Å². The molecule has 0 bridgehead atoms. The predicted octanol–water partition coefficient (Wildman–Crippen LogP) is 2.94. The highest BCUT2D eigenvalue weighted by Gasteiger charge is 2.12. The van der Waals surface area contributed by atoms with Crippen molar-refractivity contribution in [2.45, 2.75) is 18.2 Å². The van der Waals surface area contributed by atoms with Gasteiger partial charge in [-0.3, -0.25) is 9.11 Å². The first-order valence-electron chi connectivity index (χ1n) is 5.81. The van der Waals surface area contributed by atoms with E-state index in [2.05, 4.69) is 12.2 Å². The Kier molecular flexibility index (Phi) is 5.87. The lowest BCUT2D eigenvalue weighted by Gasteiger charge is -2.27. The molecule has 0 aliphatic rings. The zero-order chi connectivity index (χ0) is 13.6. The van der Waals surface area contributed by atoms with E-state index in [0.29, 0.717) is 18.9 Å². The van der Waals surface area contributed by atoms with Crippen molar-refractivity contribution >= 4 is 10.6 Å². The van der Waals surface area contributed by atoms with Crippen LogP contribution in [0.1, 0.15) is 13.3 Å². The molecular formula is C12H20FNO3S. The Bertz CT molecular complexity index is 382. The first-order valence-corrected chi connectivity index (χ1v) is 7.76. The van der Waals surface area contributed by atoms with E-state index in [9.17, 15) is 13.5 Å². The molecule has 6 heteroatoms. The Balaban J connectivity index is 2.58. The van der Waals surface area contributed by atoms with Gasteiger partial charge in [-0.25, -0.2) is 4.39 Å². The smallest absolute Gasteiger partial charge is 0.128 e. The van der Waals surface area contributed by atoms with Crippen molar-refractivity contribution in [2.24, 2.45) is 0 Å². The van der Waals surface area contributed by atoms with Crippen molar-refractivity contribution in [3.05, 3.63) is 24.0 Å². The number of nitrogens with one attached hydrogen (secondary N) is 1. The first kappa shape index (κ1) is 15.2. The highest BCUT2D eigenvalue weighted by Crippen LogP contribution is 2.45. The summed E-state index contributed by atoms with van der Waals surface area (Å²) in [5.74, 6) is -0.226. The second-order valence-electron chi connectivity index (χ2n) is 4.05. The van der Waals surface area contributed by atoms with Crippen LogP contribution in [0, 0.1) is 5.82 Å². The minimum absolute atomic E-state index is 0.152. The molecule has 0 radical (unpaired) electrons. The fourth-order valence-corrected chi connectivity index (χ4v) is 2.06. The van der Waals surface area contributed by atoms with Gasteiger partial charge in [-0.2, -0.15) is 10.6 Å². The molecule has 0 atom stereocenters. The van der Waals surface area contributed by atoms with Crippen LogP contribution in [0.3, 0.4) is 0 Å². The van der Waals surface area contributed by atoms with Gasteiger partial charge < -0.3 is 10.1 Å². The molecule has 0 fully saturated rings. The maximum absolute atomic E-state index is 13.3. The summed E-state index contributed by atoms with van der Waals surface area (Å²) in [6.45, 7) is 4.06. The van der Waals surface area contributed by atoms with E-state index in [-0.39, 0.29) is 4.90 Å². The van der Waals surface area contributed by atoms with E-state index in [4.69, 9.17) is 4.74 Å². The molecule has 0 aliphatic carbocycles. The van der Waals surface area contributed by atoms with Crippen molar-refractivity contribution in [3.63, 3.8) is 0 Å². The highest BCUT2D eigenvalue weighted by molar-refractivity contribution is 8.23. The fraction of sp³-hybridized carbons (Fsp3) is 0.500. The van der Waals surface area contributed by atoms with E-state index >= 15 is 0 Å². The molecule has 3 N–H and O–H groups in total. The van der Waals surface area contributed by atoms with E-state index in [1.54, 1.807) is 0 Å². The zero-order valence-corrected chi connectivity index (χ0v) is 11.5. The lowest BCUT2D eigenvalue weighted by Crippen LogP contribution is -2.21. The third kappa shape index (κ3) is 5.22. The Morgan fingerprint density at radius 2 is 2.00 bits per heavy atom. The third-order valence-electron chi connectivity index (χ3n) is 2.27. The summed E-state index contributed by atoms with van der Waals surface area (Å²) >= 11 is 0. The van der Waals surface area contributed by atoms with E-state index in [1.807, 2.05) is 0 Å². The van der Waals surface area contributed by atoms with Gasteiger partial charge in [0.2, 0.25) is 0 Å². The third-order valence-corrected chi connectivity index (χ3v) is 3.39. The largest absolute Gasteiger partial charge is 0.492 e. The topological polar surface area (TPSA) is 61.7 Å². The summed E-state index contributed by atoms with van der Waals surface area (Å²) < 4.78 is 37.6. The van der Waals surface area contributed by atoms with Crippen LogP contribution < -0.4 is 10.1 Å². The monoisotopic (exact) mass is 277 g/mol. The van der Waals surface area contributed by atoms with Crippen LogP contribution in [0.4, 0.5) is 4.39 Å². The molecule has 0 saturated carbocycles. The minimum Gasteiger partial charge on any atom is -0.492 e.